The molecule has 0 aliphatic carbocycles. The Kier molecular flexibility index (Phi) is 6.45. The number of benzene rings is 2. The van der Waals surface area contributed by atoms with Crippen molar-refractivity contribution in [3.8, 4) is 0 Å². The number of ketones is 1. The Bertz CT molecular complexity index is 1770. The number of nitrogens with zero attached hydrogens (tertiary/aromatic N) is 5. The SMILES string of the molecule is Cc1nc2ccccn2c1C(O)=C1C(=O)C(=O)N(c2nnc(SCc3ccccc3F)s2)C1c1ccccc1. The molecule has 4 heterocycles. The molecule has 1 amide bonds. The number of aliphatic hydroxyl groups is 1. The number of hydrogen-bond donors (Lipinski definition) is 1. The molecule has 1 aliphatic heterocycles. The highest BCUT2D eigenvalue weighted by Gasteiger charge is 2.48. The normalized spacial score (nSPS) is 16.9. The summed E-state index contributed by atoms with van der Waals surface area (Å²) in [7, 11) is 0. The van der Waals surface area contributed by atoms with Gasteiger partial charge in [-0.05, 0) is 36.2 Å². The predicted octanol–water partition coefficient (Wildman–Crippen LogP) is 5.55. The van der Waals surface area contributed by atoms with Crippen molar-refractivity contribution >= 4 is 51.3 Å². The molecule has 194 valence electrons. The number of Topliss-reactive ketones (excluding diaryl/α,β-unsaturated/α-hetero) is 1. The maximum absolute atomic E-state index is 14.1. The van der Waals surface area contributed by atoms with E-state index in [4.69, 9.17) is 0 Å². The molecule has 1 unspecified atom stereocenters. The molecular formula is C28H20FN5O3S2. The zero-order chi connectivity index (χ0) is 27.1. The monoisotopic (exact) mass is 557 g/mol. The van der Waals surface area contributed by atoms with Gasteiger partial charge in [0.25, 0.3) is 5.78 Å². The van der Waals surface area contributed by atoms with Gasteiger partial charge in [0.05, 0.1) is 17.3 Å². The number of imidazole rings is 1. The Labute approximate surface area is 230 Å². The van der Waals surface area contributed by atoms with E-state index in [9.17, 15) is 19.1 Å². The molecule has 1 aliphatic rings. The van der Waals surface area contributed by atoms with Gasteiger partial charge in [-0.15, -0.1) is 10.2 Å². The van der Waals surface area contributed by atoms with Crippen LogP contribution < -0.4 is 4.90 Å². The molecular weight excluding hydrogens is 537 g/mol. The molecule has 1 saturated heterocycles. The Morgan fingerprint density at radius 1 is 1.03 bits per heavy atom. The Balaban J connectivity index is 1.43. The average Bonchev–Trinajstić information content (AvgIpc) is 3.62. The lowest BCUT2D eigenvalue weighted by atomic mass is 9.96. The lowest BCUT2D eigenvalue weighted by molar-refractivity contribution is -0.132. The summed E-state index contributed by atoms with van der Waals surface area (Å²) >= 11 is 2.41. The van der Waals surface area contributed by atoms with Crippen LogP contribution in [0.3, 0.4) is 0 Å². The van der Waals surface area contributed by atoms with Gasteiger partial charge in [0.15, 0.2) is 10.1 Å². The lowest BCUT2D eigenvalue weighted by Crippen LogP contribution is -2.29. The summed E-state index contributed by atoms with van der Waals surface area (Å²) in [4.78, 5) is 32.7. The van der Waals surface area contributed by atoms with Crippen molar-refractivity contribution in [2.45, 2.75) is 23.1 Å². The highest BCUT2D eigenvalue weighted by Crippen LogP contribution is 2.44. The summed E-state index contributed by atoms with van der Waals surface area (Å²) < 4.78 is 16.3. The maximum Gasteiger partial charge on any atom is 0.301 e. The highest BCUT2D eigenvalue weighted by atomic mass is 32.2. The number of anilines is 1. The molecule has 1 atom stereocenters. The fourth-order valence-electron chi connectivity index (χ4n) is 4.62. The third kappa shape index (κ3) is 4.39. The molecule has 0 radical (unpaired) electrons. The first kappa shape index (κ1) is 25.0. The standard InChI is InChI=1S/C28H20FN5O3S2/c1-16-22(33-14-8-7-13-20(33)30-16)24(35)21-23(17-9-3-2-4-10-17)34(26(37)25(21)36)27-31-32-28(39-27)38-15-18-11-5-6-12-19(18)29/h2-14,23,35H,15H2,1H3. The minimum absolute atomic E-state index is 0.0595. The Hall–Kier alpha value is -4.35. The summed E-state index contributed by atoms with van der Waals surface area (Å²) in [5, 5.41) is 20.1. The van der Waals surface area contributed by atoms with E-state index in [1.165, 1.54) is 22.7 Å². The largest absolute Gasteiger partial charge is 0.505 e. The number of halogens is 1. The van der Waals surface area contributed by atoms with Gasteiger partial charge in [-0.25, -0.2) is 9.37 Å². The fraction of sp³-hybridized carbons (Fsp3) is 0.107. The smallest absolute Gasteiger partial charge is 0.301 e. The number of carbonyl (C=O) groups is 2. The second kappa shape index (κ2) is 10.1. The van der Waals surface area contributed by atoms with Crippen LogP contribution in [0.1, 0.15) is 28.6 Å². The first-order valence-electron chi connectivity index (χ1n) is 11.9. The number of thioether (sulfide) groups is 1. The van der Waals surface area contributed by atoms with Crippen molar-refractivity contribution < 1.29 is 19.1 Å². The Morgan fingerprint density at radius 2 is 1.77 bits per heavy atom. The van der Waals surface area contributed by atoms with Crippen molar-refractivity contribution in [1.29, 1.82) is 0 Å². The quantitative estimate of drug-likeness (QED) is 0.0960. The molecule has 6 rings (SSSR count). The zero-order valence-corrected chi connectivity index (χ0v) is 22.1. The molecule has 8 nitrogen and oxygen atoms in total. The van der Waals surface area contributed by atoms with E-state index in [1.807, 2.05) is 12.1 Å². The molecule has 39 heavy (non-hydrogen) atoms. The van der Waals surface area contributed by atoms with Crippen LogP contribution >= 0.6 is 23.1 Å². The first-order valence-corrected chi connectivity index (χ1v) is 13.7. The van der Waals surface area contributed by atoms with Crippen LogP contribution in [0.15, 0.2) is 88.9 Å². The lowest BCUT2D eigenvalue weighted by Gasteiger charge is -2.22. The maximum atomic E-state index is 14.1. The van der Waals surface area contributed by atoms with Gasteiger partial charge in [-0.3, -0.25) is 18.9 Å². The van der Waals surface area contributed by atoms with Gasteiger partial charge >= 0.3 is 5.91 Å². The molecule has 1 N–H and O–H groups in total. The summed E-state index contributed by atoms with van der Waals surface area (Å²) in [6, 6.07) is 19.9. The number of aryl methyl sites for hydroxylation is 1. The zero-order valence-electron chi connectivity index (χ0n) is 20.5. The minimum atomic E-state index is -0.933. The fourth-order valence-corrected chi connectivity index (χ4v) is 6.47. The van der Waals surface area contributed by atoms with Gasteiger partial charge in [0, 0.05) is 11.9 Å². The van der Waals surface area contributed by atoms with Gasteiger partial charge in [0.2, 0.25) is 5.13 Å². The third-order valence-electron chi connectivity index (χ3n) is 6.40. The summed E-state index contributed by atoms with van der Waals surface area (Å²) in [5.74, 6) is -1.96. The molecule has 0 bridgehead atoms. The van der Waals surface area contributed by atoms with E-state index < -0.39 is 17.7 Å². The van der Waals surface area contributed by atoms with Gasteiger partial charge < -0.3 is 5.11 Å². The number of rotatable bonds is 6. The summed E-state index contributed by atoms with van der Waals surface area (Å²) in [6.07, 6.45) is 1.74. The molecule has 2 aromatic carbocycles. The number of pyridine rings is 1. The third-order valence-corrected chi connectivity index (χ3v) is 8.50. The van der Waals surface area contributed by atoms with Crippen molar-refractivity contribution in [2.75, 3.05) is 4.90 Å². The van der Waals surface area contributed by atoms with Crippen molar-refractivity contribution in [2.24, 2.45) is 0 Å². The van der Waals surface area contributed by atoms with E-state index in [2.05, 4.69) is 15.2 Å². The number of aliphatic hydroxyl groups excluding tert-OH is 1. The van der Waals surface area contributed by atoms with Crippen LogP contribution in [-0.4, -0.2) is 36.4 Å². The Morgan fingerprint density at radius 3 is 2.56 bits per heavy atom. The van der Waals surface area contributed by atoms with Crippen LogP contribution in [0.2, 0.25) is 0 Å². The second-order valence-corrected chi connectivity index (χ2v) is 11.0. The van der Waals surface area contributed by atoms with E-state index in [1.54, 1.807) is 72.1 Å². The highest BCUT2D eigenvalue weighted by molar-refractivity contribution is 8.00. The minimum Gasteiger partial charge on any atom is -0.505 e. The first-order chi connectivity index (χ1) is 18.9. The molecule has 0 spiro atoms. The molecule has 5 aromatic rings. The average molecular weight is 558 g/mol. The van der Waals surface area contributed by atoms with Gasteiger partial charge in [-0.1, -0.05) is 77.7 Å². The van der Waals surface area contributed by atoms with Crippen LogP contribution in [-0.2, 0) is 15.3 Å². The summed E-state index contributed by atoms with van der Waals surface area (Å²) in [6.45, 7) is 1.74. The number of aromatic nitrogens is 4. The van der Waals surface area contributed by atoms with Crippen molar-refractivity contribution in [3.63, 3.8) is 0 Å². The summed E-state index contributed by atoms with van der Waals surface area (Å²) in [5.41, 5.74) is 2.54. The van der Waals surface area contributed by atoms with E-state index in [-0.39, 0.29) is 22.3 Å². The van der Waals surface area contributed by atoms with Crippen LogP contribution in [0.4, 0.5) is 9.52 Å². The molecule has 1 fully saturated rings. The number of amides is 1. The second-order valence-electron chi connectivity index (χ2n) is 8.79. The molecule has 0 saturated carbocycles. The number of carbonyl (C=O) groups excluding carboxylic acids is 2. The number of fused-ring (bicyclic) bond motifs is 1. The van der Waals surface area contributed by atoms with Crippen LogP contribution in [0.25, 0.3) is 11.4 Å². The molecule has 3 aromatic heterocycles. The van der Waals surface area contributed by atoms with E-state index >= 15 is 0 Å². The van der Waals surface area contributed by atoms with Crippen LogP contribution in [0.5, 0.6) is 0 Å². The predicted molar refractivity (Wildman–Crippen MR) is 147 cm³/mol. The van der Waals surface area contributed by atoms with Crippen molar-refractivity contribution in [3.05, 3.63) is 113 Å². The van der Waals surface area contributed by atoms with Crippen molar-refractivity contribution in [1.82, 2.24) is 19.6 Å². The van der Waals surface area contributed by atoms with Gasteiger partial charge in [0.1, 0.15) is 17.2 Å². The van der Waals surface area contributed by atoms with E-state index in [0.29, 0.717) is 38.3 Å². The topological polar surface area (TPSA) is 101 Å². The van der Waals surface area contributed by atoms with Crippen LogP contribution in [0, 0.1) is 12.7 Å². The number of hydrogen-bond acceptors (Lipinski definition) is 8. The van der Waals surface area contributed by atoms with Gasteiger partial charge in [-0.2, -0.15) is 0 Å². The van der Waals surface area contributed by atoms with E-state index in [0.717, 1.165) is 11.3 Å². The molecule has 11 heteroatoms.